The Bertz CT molecular complexity index is 1350. The Kier molecular flexibility index (Phi) is 6.03. The van der Waals surface area contributed by atoms with Crippen LogP contribution in [0.15, 0.2) is 91.4 Å². The number of allylic oxidation sites excluding steroid dienone is 4. The Morgan fingerprint density at radius 2 is 1.03 bits per heavy atom. The molecule has 3 heteroatoms. The molecule has 35 heavy (non-hydrogen) atoms. The molecule has 0 unspecified atom stereocenters. The van der Waals surface area contributed by atoms with Crippen LogP contribution in [0.1, 0.15) is 53.4 Å². The van der Waals surface area contributed by atoms with Crippen LogP contribution in [0.3, 0.4) is 0 Å². The number of hydrogen-bond acceptors (Lipinski definition) is 2. The number of rotatable bonds is 6. The molecule has 0 bridgehead atoms. The van der Waals surface area contributed by atoms with Crippen molar-refractivity contribution in [2.75, 3.05) is 0 Å². The van der Waals surface area contributed by atoms with E-state index in [-0.39, 0.29) is 0 Å². The summed E-state index contributed by atoms with van der Waals surface area (Å²) in [6, 6.07) is 23.8. The van der Waals surface area contributed by atoms with Crippen molar-refractivity contribution in [3.8, 4) is 32.0 Å². The van der Waals surface area contributed by atoms with Crippen molar-refractivity contribution in [1.29, 1.82) is 0 Å². The standard InChI is InChI=1S/C32H32GeS2/c1-5-23-24(6-2)28(8-4)33(27(23)7-3)29-19-21(31-11-9-17-34-31)13-15-25(29)26-16-14-22(20-30(26)33)32-12-10-18-35-32/h9-20H,5-8H2,1-4H3. The predicted octanol–water partition coefficient (Wildman–Crippen LogP) is 9.01. The first-order valence-corrected chi connectivity index (χ1v) is 19.0. The van der Waals surface area contributed by atoms with E-state index in [0.717, 1.165) is 12.8 Å². The molecule has 0 saturated carbocycles. The van der Waals surface area contributed by atoms with Crippen molar-refractivity contribution in [3.63, 3.8) is 0 Å². The van der Waals surface area contributed by atoms with E-state index in [1.807, 2.05) is 31.5 Å². The molecule has 0 aliphatic carbocycles. The van der Waals surface area contributed by atoms with Gasteiger partial charge < -0.3 is 0 Å². The minimum absolute atomic E-state index is 1.16. The van der Waals surface area contributed by atoms with E-state index in [1.165, 1.54) is 44.8 Å². The fourth-order valence-electron chi connectivity index (χ4n) is 6.98. The molecule has 176 valence electrons. The van der Waals surface area contributed by atoms with E-state index in [1.54, 1.807) is 19.9 Å². The van der Waals surface area contributed by atoms with Crippen LogP contribution >= 0.6 is 22.7 Å². The summed E-state index contributed by atoms with van der Waals surface area (Å²) in [5, 5.41) is 4.41. The summed E-state index contributed by atoms with van der Waals surface area (Å²) in [6.45, 7) is 9.62. The Morgan fingerprint density at radius 3 is 1.37 bits per heavy atom. The van der Waals surface area contributed by atoms with Crippen LogP contribution < -0.4 is 8.79 Å². The molecule has 0 N–H and O–H groups in total. The van der Waals surface area contributed by atoms with Gasteiger partial charge in [0.2, 0.25) is 0 Å². The van der Waals surface area contributed by atoms with Gasteiger partial charge >= 0.3 is 221 Å². The van der Waals surface area contributed by atoms with Crippen molar-refractivity contribution in [2.24, 2.45) is 0 Å². The van der Waals surface area contributed by atoms with Crippen molar-refractivity contribution < 1.29 is 0 Å². The second kappa shape index (κ2) is 9.06. The zero-order chi connectivity index (χ0) is 24.2. The number of hydrogen-bond donors (Lipinski definition) is 0. The molecule has 2 aliphatic rings. The number of fused-ring (bicyclic) bond motifs is 5. The molecule has 4 heterocycles. The summed E-state index contributed by atoms with van der Waals surface area (Å²) in [4.78, 5) is 2.77. The molecule has 6 rings (SSSR count). The van der Waals surface area contributed by atoms with Crippen molar-refractivity contribution >= 4 is 44.7 Å². The fraction of sp³-hybridized carbons (Fsp3) is 0.250. The Hall–Kier alpha value is -2.14. The summed E-state index contributed by atoms with van der Waals surface area (Å²) >= 11 is 0.717. The molecular formula is C32H32GeS2. The van der Waals surface area contributed by atoms with E-state index in [0.29, 0.717) is 0 Å². The van der Waals surface area contributed by atoms with E-state index in [2.05, 4.69) is 99.1 Å². The van der Waals surface area contributed by atoms with E-state index < -0.39 is 13.3 Å². The minimum atomic E-state index is -3.00. The average molecular weight is 553 g/mol. The van der Waals surface area contributed by atoms with E-state index in [9.17, 15) is 0 Å². The summed E-state index contributed by atoms with van der Waals surface area (Å²) in [6.07, 6.45) is 4.65. The first kappa shape index (κ1) is 23.3. The molecule has 0 amide bonds. The zero-order valence-electron chi connectivity index (χ0n) is 21.1. The van der Waals surface area contributed by atoms with Crippen LogP contribution in [0.5, 0.6) is 0 Å². The fourth-order valence-corrected chi connectivity index (χ4v) is 22.2. The molecule has 0 radical (unpaired) electrons. The third-order valence-corrected chi connectivity index (χ3v) is 21.7. The maximum absolute atomic E-state index is 3.00. The topological polar surface area (TPSA) is 0 Å². The molecular weight excluding hydrogens is 521 g/mol. The van der Waals surface area contributed by atoms with Gasteiger partial charge in [0.05, 0.1) is 0 Å². The Labute approximate surface area is 220 Å². The van der Waals surface area contributed by atoms with Gasteiger partial charge in [0.1, 0.15) is 0 Å². The van der Waals surface area contributed by atoms with Gasteiger partial charge in [0, 0.05) is 0 Å². The summed E-state index contributed by atoms with van der Waals surface area (Å²) in [5.74, 6) is 0. The van der Waals surface area contributed by atoms with Gasteiger partial charge in [0.25, 0.3) is 0 Å². The third kappa shape index (κ3) is 3.23. The number of benzene rings is 2. The second-order valence-corrected chi connectivity index (χ2v) is 19.4. The van der Waals surface area contributed by atoms with E-state index in [4.69, 9.17) is 0 Å². The SMILES string of the molecule is CCC1=[C](CC)[Ge]2([C](CC)=C1CC)[c]1cc(-c3cccs3)ccc1-c1ccc(-c3cccs3)c[c]12. The Balaban J connectivity index is 1.73. The first-order valence-electron chi connectivity index (χ1n) is 13.0. The molecule has 0 atom stereocenters. The van der Waals surface area contributed by atoms with Gasteiger partial charge in [-0.05, 0) is 0 Å². The predicted molar refractivity (Wildman–Crippen MR) is 159 cm³/mol. The normalized spacial score (nSPS) is 15.9. The van der Waals surface area contributed by atoms with E-state index >= 15 is 0 Å². The van der Waals surface area contributed by atoms with Crippen LogP contribution in [0.25, 0.3) is 32.0 Å². The van der Waals surface area contributed by atoms with Gasteiger partial charge in [-0.25, -0.2) is 0 Å². The number of thiophene rings is 2. The molecule has 4 aromatic rings. The first-order chi connectivity index (χ1) is 17.2. The van der Waals surface area contributed by atoms with Crippen molar-refractivity contribution in [2.45, 2.75) is 53.4 Å². The maximum atomic E-state index is 2.61. The second-order valence-electron chi connectivity index (χ2n) is 9.55. The molecule has 2 aromatic carbocycles. The van der Waals surface area contributed by atoms with Gasteiger partial charge in [-0.2, -0.15) is 0 Å². The molecule has 0 fully saturated rings. The molecule has 2 aromatic heterocycles. The summed E-state index contributed by atoms with van der Waals surface area (Å²) < 4.78 is 7.04. The monoisotopic (exact) mass is 554 g/mol. The van der Waals surface area contributed by atoms with Crippen LogP contribution in [0.4, 0.5) is 0 Å². The van der Waals surface area contributed by atoms with Crippen molar-refractivity contribution in [3.05, 3.63) is 91.4 Å². The van der Waals surface area contributed by atoms with Gasteiger partial charge in [-0.15, -0.1) is 0 Å². The third-order valence-electron chi connectivity index (χ3n) is 8.16. The molecule has 1 spiro atoms. The molecule has 0 saturated heterocycles. The van der Waals surface area contributed by atoms with Gasteiger partial charge in [0.15, 0.2) is 0 Å². The van der Waals surface area contributed by atoms with Crippen LogP contribution in [0, 0.1) is 0 Å². The molecule has 0 nitrogen and oxygen atoms in total. The average Bonchev–Trinajstić information content (AvgIpc) is 3.69. The zero-order valence-corrected chi connectivity index (χ0v) is 24.8. The van der Waals surface area contributed by atoms with Crippen LogP contribution in [0.2, 0.25) is 0 Å². The van der Waals surface area contributed by atoms with Crippen LogP contribution in [-0.4, -0.2) is 13.3 Å². The quantitative estimate of drug-likeness (QED) is 0.209. The summed E-state index contributed by atoms with van der Waals surface area (Å²) in [5.41, 5.74) is 9.20. The summed E-state index contributed by atoms with van der Waals surface area (Å²) in [7, 11) is 0. The molecule has 2 aliphatic heterocycles. The Morgan fingerprint density at radius 1 is 0.571 bits per heavy atom. The van der Waals surface area contributed by atoms with Crippen molar-refractivity contribution in [1.82, 2.24) is 0 Å². The van der Waals surface area contributed by atoms with Gasteiger partial charge in [-0.1, -0.05) is 0 Å². The van der Waals surface area contributed by atoms with Crippen LogP contribution in [-0.2, 0) is 0 Å². The van der Waals surface area contributed by atoms with Gasteiger partial charge in [-0.3, -0.25) is 0 Å².